The molecular weight excluding hydrogens is 290 g/mol. The van der Waals surface area contributed by atoms with Crippen LogP contribution in [0.5, 0.6) is 0 Å². The number of aromatic nitrogens is 3. The molecule has 0 unspecified atom stereocenters. The Morgan fingerprint density at radius 3 is 3.26 bits per heavy atom. The van der Waals surface area contributed by atoms with E-state index in [9.17, 15) is 0 Å². The number of aromatic amines is 1. The fourth-order valence-electron chi connectivity index (χ4n) is 5.12. The zero-order chi connectivity index (χ0) is 15.6. The third kappa shape index (κ3) is 1.88. The van der Waals surface area contributed by atoms with E-state index in [-0.39, 0.29) is 5.60 Å². The number of nitrogens with one attached hydrogen (secondary N) is 1. The van der Waals surface area contributed by atoms with E-state index in [1.54, 1.807) is 0 Å². The molecule has 6 heteroatoms. The van der Waals surface area contributed by atoms with Crippen LogP contribution >= 0.6 is 0 Å². The van der Waals surface area contributed by atoms with E-state index in [0.29, 0.717) is 17.9 Å². The number of pyridine rings is 1. The predicted octanol–water partition coefficient (Wildman–Crippen LogP) is 1.50. The molecule has 2 aromatic rings. The molecule has 0 amide bonds. The summed E-state index contributed by atoms with van der Waals surface area (Å²) in [5, 5.41) is 8.34. The summed E-state index contributed by atoms with van der Waals surface area (Å²) >= 11 is 0. The van der Waals surface area contributed by atoms with Crippen LogP contribution in [-0.2, 0) is 4.74 Å². The highest BCUT2D eigenvalue weighted by atomic mass is 16.5. The molecule has 0 saturated carbocycles. The molecule has 1 spiro atoms. The summed E-state index contributed by atoms with van der Waals surface area (Å²) in [6, 6.07) is 1.98. The second-order valence-electron chi connectivity index (χ2n) is 7.64. The van der Waals surface area contributed by atoms with Gasteiger partial charge in [-0.1, -0.05) is 0 Å². The Bertz CT molecular complexity index is 743. The van der Waals surface area contributed by atoms with Gasteiger partial charge in [0, 0.05) is 37.7 Å². The quantitative estimate of drug-likeness (QED) is 0.931. The second-order valence-corrected chi connectivity index (χ2v) is 7.64. The highest BCUT2D eigenvalue weighted by molar-refractivity contribution is 5.89. The molecule has 0 aliphatic carbocycles. The van der Waals surface area contributed by atoms with Crippen molar-refractivity contribution in [3.63, 3.8) is 0 Å². The first kappa shape index (κ1) is 13.7. The molecular formula is C17H23N5O. The molecule has 6 nitrogen and oxygen atoms in total. The zero-order valence-corrected chi connectivity index (χ0v) is 13.7. The summed E-state index contributed by atoms with van der Waals surface area (Å²) in [4.78, 5) is 9.38. The number of hydrogen-bond acceptors (Lipinski definition) is 5. The van der Waals surface area contributed by atoms with Crippen LogP contribution in [0.1, 0.15) is 12.8 Å². The van der Waals surface area contributed by atoms with Crippen molar-refractivity contribution < 1.29 is 4.74 Å². The molecule has 0 aromatic carbocycles. The minimum atomic E-state index is 0.0545. The van der Waals surface area contributed by atoms with Crippen LogP contribution in [0, 0.1) is 11.8 Å². The van der Waals surface area contributed by atoms with Crippen molar-refractivity contribution in [1.29, 1.82) is 0 Å². The van der Waals surface area contributed by atoms with Gasteiger partial charge in [0.15, 0.2) is 0 Å². The molecule has 4 atom stereocenters. The summed E-state index contributed by atoms with van der Waals surface area (Å²) < 4.78 is 6.52. The van der Waals surface area contributed by atoms with Crippen LogP contribution in [0.25, 0.3) is 10.9 Å². The Hall–Kier alpha value is -1.66. The highest BCUT2D eigenvalue weighted by Crippen LogP contribution is 2.55. The number of fused-ring (bicyclic) bond motifs is 2. The van der Waals surface area contributed by atoms with Crippen molar-refractivity contribution in [2.75, 3.05) is 38.6 Å². The van der Waals surface area contributed by atoms with E-state index in [1.807, 2.05) is 18.5 Å². The molecule has 23 heavy (non-hydrogen) atoms. The highest BCUT2D eigenvalue weighted by Gasteiger charge is 2.63. The van der Waals surface area contributed by atoms with Gasteiger partial charge in [0.05, 0.1) is 28.8 Å². The number of anilines is 1. The van der Waals surface area contributed by atoms with Crippen molar-refractivity contribution in [3.05, 3.63) is 18.5 Å². The lowest BCUT2D eigenvalue weighted by atomic mass is 9.73. The van der Waals surface area contributed by atoms with Gasteiger partial charge in [-0.15, -0.1) is 0 Å². The van der Waals surface area contributed by atoms with Gasteiger partial charge in [-0.3, -0.25) is 5.10 Å². The molecule has 3 saturated heterocycles. The van der Waals surface area contributed by atoms with Gasteiger partial charge in [0.1, 0.15) is 5.82 Å². The lowest BCUT2D eigenvalue weighted by Crippen LogP contribution is -2.40. The molecule has 1 N–H and O–H groups in total. The van der Waals surface area contributed by atoms with Gasteiger partial charge in [0.2, 0.25) is 0 Å². The Labute approximate surface area is 135 Å². The summed E-state index contributed by atoms with van der Waals surface area (Å²) in [6.45, 7) is 3.13. The Kier molecular flexibility index (Phi) is 2.79. The van der Waals surface area contributed by atoms with Crippen molar-refractivity contribution in [3.8, 4) is 0 Å². The van der Waals surface area contributed by atoms with E-state index >= 15 is 0 Å². The van der Waals surface area contributed by atoms with Gasteiger partial charge in [-0.25, -0.2) is 4.98 Å². The molecule has 3 aliphatic heterocycles. The van der Waals surface area contributed by atoms with E-state index in [1.165, 1.54) is 12.8 Å². The monoisotopic (exact) mass is 313 g/mol. The number of H-pyrrole nitrogens is 1. The van der Waals surface area contributed by atoms with Crippen LogP contribution in [0.2, 0.25) is 0 Å². The topological polar surface area (TPSA) is 57.3 Å². The lowest BCUT2D eigenvalue weighted by molar-refractivity contribution is 0.0136. The van der Waals surface area contributed by atoms with Crippen LogP contribution in [0.3, 0.4) is 0 Å². The summed E-state index contributed by atoms with van der Waals surface area (Å²) in [7, 11) is 4.33. The SMILES string of the molecule is CN(C)C[C@H]1[C@@H]2CC[C@@]3(CN(c4nccc5[nH]ncc45)C[C@@H]13)O2. The van der Waals surface area contributed by atoms with E-state index in [2.05, 4.69) is 39.1 Å². The van der Waals surface area contributed by atoms with E-state index in [0.717, 1.165) is 36.4 Å². The van der Waals surface area contributed by atoms with Crippen molar-refractivity contribution in [2.45, 2.75) is 24.5 Å². The summed E-state index contributed by atoms with van der Waals surface area (Å²) in [6.07, 6.45) is 6.63. The molecule has 0 radical (unpaired) electrons. The van der Waals surface area contributed by atoms with Gasteiger partial charge in [-0.2, -0.15) is 5.10 Å². The van der Waals surface area contributed by atoms with Crippen LogP contribution < -0.4 is 4.90 Å². The second kappa shape index (κ2) is 4.68. The average Bonchev–Trinajstić information content (AvgIpc) is 3.26. The Morgan fingerprint density at radius 2 is 2.39 bits per heavy atom. The normalized spacial score (nSPS) is 35.6. The minimum Gasteiger partial charge on any atom is -0.369 e. The van der Waals surface area contributed by atoms with Gasteiger partial charge >= 0.3 is 0 Å². The molecule has 5 heterocycles. The third-order valence-electron chi connectivity index (χ3n) is 6.01. The van der Waals surface area contributed by atoms with Crippen LogP contribution in [-0.4, -0.2) is 65.5 Å². The molecule has 2 bridgehead atoms. The fraction of sp³-hybridized carbons (Fsp3) is 0.647. The minimum absolute atomic E-state index is 0.0545. The van der Waals surface area contributed by atoms with Gasteiger partial charge in [0.25, 0.3) is 0 Å². The first-order chi connectivity index (χ1) is 11.2. The first-order valence-corrected chi connectivity index (χ1v) is 8.52. The van der Waals surface area contributed by atoms with Crippen molar-refractivity contribution in [1.82, 2.24) is 20.1 Å². The number of hydrogen-bond donors (Lipinski definition) is 1. The average molecular weight is 313 g/mol. The molecule has 122 valence electrons. The van der Waals surface area contributed by atoms with E-state index < -0.39 is 0 Å². The summed E-state index contributed by atoms with van der Waals surface area (Å²) in [5.41, 5.74) is 1.11. The number of ether oxygens (including phenoxy) is 1. The zero-order valence-electron chi connectivity index (χ0n) is 13.7. The van der Waals surface area contributed by atoms with Crippen LogP contribution in [0.4, 0.5) is 5.82 Å². The largest absolute Gasteiger partial charge is 0.369 e. The Balaban J connectivity index is 1.49. The van der Waals surface area contributed by atoms with Crippen LogP contribution in [0.15, 0.2) is 18.5 Å². The smallest absolute Gasteiger partial charge is 0.139 e. The number of nitrogens with zero attached hydrogens (tertiary/aromatic N) is 4. The maximum atomic E-state index is 6.52. The van der Waals surface area contributed by atoms with Crippen molar-refractivity contribution in [2.24, 2.45) is 11.8 Å². The first-order valence-electron chi connectivity index (χ1n) is 8.52. The fourth-order valence-corrected chi connectivity index (χ4v) is 5.12. The Morgan fingerprint density at radius 1 is 1.48 bits per heavy atom. The number of rotatable bonds is 3. The molecule has 5 rings (SSSR count). The molecule has 3 fully saturated rings. The van der Waals surface area contributed by atoms with E-state index in [4.69, 9.17) is 4.74 Å². The van der Waals surface area contributed by atoms with Gasteiger partial charge < -0.3 is 14.5 Å². The maximum absolute atomic E-state index is 6.52. The van der Waals surface area contributed by atoms with Crippen molar-refractivity contribution >= 4 is 16.7 Å². The maximum Gasteiger partial charge on any atom is 0.139 e. The standard InChI is InChI=1S/C17H23N5O/c1-21(2)8-12-13-9-22(10-17(13)5-3-15(12)23-17)16-11-7-19-20-14(11)4-6-18-16/h4,6-7,12-13,15H,3,5,8-10H2,1-2H3,(H,19,20)/t12-,13+,15+,17+/m1/s1. The third-order valence-corrected chi connectivity index (χ3v) is 6.01. The molecule has 3 aliphatic rings. The predicted molar refractivity (Wildman–Crippen MR) is 88.5 cm³/mol. The van der Waals surface area contributed by atoms with Gasteiger partial charge in [-0.05, 0) is 33.0 Å². The lowest BCUT2D eigenvalue weighted by Gasteiger charge is -2.30. The molecule has 2 aromatic heterocycles. The summed E-state index contributed by atoms with van der Waals surface area (Å²) in [5.74, 6) is 2.32.